The maximum Gasteiger partial charge on any atom is 2.00 e. The molecule has 0 atom stereocenters. The summed E-state index contributed by atoms with van der Waals surface area (Å²) in [6.45, 7) is 0. The van der Waals surface area contributed by atoms with Crippen molar-refractivity contribution in [1.82, 2.24) is 0 Å². The maximum atomic E-state index is 8.52. The Morgan fingerprint density at radius 3 is 0.692 bits per heavy atom. The molecule has 0 fully saturated rings. The van der Waals surface area contributed by atoms with Crippen molar-refractivity contribution in [3.63, 3.8) is 0 Å². The molecular weight excluding hydrogens is 288 g/mol. The van der Waals surface area contributed by atoms with Crippen molar-refractivity contribution in [2.45, 2.75) is 0 Å². The first kappa shape index (κ1) is 29.2. The molecule has 0 aromatic heterocycles. The van der Waals surface area contributed by atoms with E-state index in [1.165, 1.54) is 0 Å². The summed E-state index contributed by atoms with van der Waals surface area (Å²) < 4.78 is 68.2. The molecule has 0 amide bonds. The fraction of sp³-hybridized carbons (Fsp3) is 0. The molecule has 0 aromatic rings. The summed E-state index contributed by atoms with van der Waals surface area (Å²) in [5, 5.41) is 0. The van der Waals surface area contributed by atoms with Gasteiger partial charge in [0.15, 0.2) is 0 Å². The molecular formula is H2FeMgO9S2. The zero-order chi connectivity index (χ0) is 9.00. The number of rotatable bonds is 0. The Hall–Kier alpha value is 0.986. The number of hydrogen-bond donors (Lipinski definition) is 0. The van der Waals surface area contributed by atoms with Gasteiger partial charge in [0.05, 0.1) is 0 Å². The van der Waals surface area contributed by atoms with E-state index in [0.29, 0.717) is 0 Å². The molecule has 0 heterocycles. The van der Waals surface area contributed by atoms with Crippen LogP contribution in [0.1, 0.15) is 0 Å². The quantitative estimate of drug-likeness (QED) is 0.245. The first-order valence-corrected chi connectivity index (χ1v) is 4.00. The molecule has 13 heteroatoms. The van der Waals surface area contributed by atoms with Crippen molar-refractivity contribution in [3.8, 4) is 0 Å². The Balaban J connectivity index is -0.0000000267. The van der Waals surface area contributed by atoms with Gasteiger partial charge in [0.2, 0.25) is 0 Å². The minimum atomic E-state index is -5.17. The van der Waals surface area contributed by atoms with Gasteiger partial charge in [0.25, 0.3) is 0 Å². The third-order valence-corrected chi connectivity index (χ3v) is 0. The largest absolute Gasteiger partial charge is 2.00 e. The standard InChI is InChI=1S/Fe.Mg.2H2O4S.H2O/c;;2*1-5(2,3)4;/h;;2*(H2,1,2,3,4);1H2/q2*+2;;;/p-4. The van der Waals surface area contributed by atoms with E-state index in [0.717, 1.165) is 0 Å². The van der Waals surface area contributed by atoms with Crippen LogP contribution in [0.5, 0.6) is 0 Å². The number of hydrogen-bond acceptors (Lipinski definition) is 8. The third-order valence-electron chi connectivity index (χ3n) is 0. The fourth-order valence-electron chi connectivity index (χ4n) is 0. The summed E-state index contributed by atoms with van der Waals surface area (Å²) >= 11 is 0. The minimum Gasteiger partial charge on any atom is -0.759 e. The van der Waals surface area contributed by atoms with E-state index in [1.807, 2.05) is 0 Å². The van der Waals surface area contributed by atoms with Gasteiger partial charge in [-0.25, -0.2) is 0 Å². The van der Waals surface area contributed by atoms with Crippen molar-refractivity contribution < 1.29 is 57.6 Å². The molecule has 0 aliphatic rings. The average Bonchev–Trinajstić information content (AvgIpc) is 1.12. The van der Waals surface area contributed by atoms with Gasteiger partial charge in [0.1, 0.15) is 0 Å². The fourth-order valence-corrected chi connectivity index (χ4v) is 0. The molecule has 13 heavy (non-hydrogen) atoms. The second kappa shape index (κ2) is 11.1. The summed E-state index contributed by atoms with van der Waals surface area (Å²) in [7, 11) is -10.3. The Labute approximate surface area is 101 Å². The monoisotopic (exact) mass is 290 g/mol. The van der Waals surface area contributed by atoms with Crippen molar-refractivity contribution in [1.29, 1.82) is 0 Å². The Bertz CT molecular complexity index is 214. The van der Waals surface area contributed by atoms with Crippen LogP contribution >= 0.6 is 0 Å². The predicted molar refractivity (Wildman–Crippen MR) is 30.3 cm³/mol. The van der Waals surface area contributed by atoms with E-state index in [-0.39, 0.29) is 45.6 Å². The summed E-state index contributed by atoms with van der Waals surface area (Å²) in [4.78, 5) is 0. The summed E-state index contributed by atoms with van der Waals surface area (Å²) in [5.74, 6) is 0. The van der Waals surface area contributed by atoms with Gasteiger partial charge >= 0.3 is 40.1 Å². The second-order valence-electron chi connectivity index (χ2n) is 0.816. The van der Waals surface area contributed by atoms with E-state index in [1.54, 1.807) is 0 Å². The molecule has 0 aromatic carbocycles. The molecule has 0 spiro atoms. The van der Waals surface area contributed by atoms with Crippen molar-refractivity contribution in [2.75, 3.05) is 0 Å². The topological polar surface area (TPSA) is 192 Å². The maximum absolute atomic E-state index is 8.52. The van der Waals surface area contributed by atoms with Gasteiger partial charge in [-0.2, -0.15) is 0 Å². The molecule has 0 aliphatic carbocycles. The Morgan fingerprint density at radius 1 is 0.692 bits per heavy atom. The van der Waals surface area contributed by atoms with Crippen LogP contribution in [0.4, 0.5) is 0 Å². The van der Waals surface area contributed by atoms with Gasteiger partial charge < -0.3 is 23.7 Å². The predicted octanol–water partition coefficient (Wildman–Crippen LogP) is -3.88. The van der Waals surface area contributed by atoms with E-state index in [2.05, 4.69) is 0 Å². The van der Waals surface area contributed by atoms with E-state index in [4.69, 9.17) is 35.0 Å². The van der Waals surface area contributed by atoms with Gasteiger partial charge in [-0.1, -0.05) is 0 Å². The molecule has 0 saturated carbocycles. The smallest absolute Gasteiger partial charge is 0.759 e. The molecule has 78 valence electrons. The second-order valence-corrected chi connectivity index (χ2v) is 2.45. The molecule has 0 saturated heterocycles. The van der Waals surface area contributed by atoms with Crippen LogP contribution in [0, 0.1) is 0 Å². The molecule has 0 aliphatic heterocycles. The molecule has 0 radical (unpaired) electrons. The minimum absolute atomic E-state index is 0. The van der Waals surface area contributed by atoms with E-state index in [9.17, 15) is 0 Å². The van der Waals surface area contributed by atoms with Crippen LogP contribution in [0.15, 0.2) is 0 Å². The van der Waals surface area contributed by atoms with Gasteiger partial charge in [-0.3, -0.25) is 16.8 Å². The summed E-state index contributed by atoms with van der Waals surface area (Å²) in [5.41, 5.74) is 0. The van der Waals surface area contributed by atoms with Crippen LogP contribution in [-0.4, -0.2) is 63.6 Å². The SMILES string of the molecule is O.O=S(=O)([O-])[O-].O=S(=O)([O-])[O-].[Fe+2].[Mg+2]. The van der Waals surface area contributed by atoms with Crippen molar-refractivity contribution in [2.24, 2.45) is 0 Å². The molecule has 2 N–H and O–H groups in total. The molecule has 0 unspecified atom stereocenters. The average molecular weight is 290 g/mol. The zero-order valence-corrected chi connectivity index (χ0v) is 9.79. The zero-order valence-electron chi connectivity index (χ0n) is 5.64. The van der Waals surface area contributed by atoms with Gasteiger partial charge in [-0.05, 0) is 0 Å². The van der Waals surface area contributed by atoms with Gasteiger partial charge in [0, 0.05) is 20.8 Å². The molecule has 9 nitrogen and oxygen atoms in total. The molecule has 0 rings (SSSR count). The van der Waals surface area contributed by atoms with Crippen LogP contribution in [-0.2, 0) is 37.9 Å². The van der Waals surface area contributed by atoms with Crippen LogP contribution < -0.4 is 0 Å². The van der Waals surface area contributed by atoms with Crippen molar-refractivity contribution in [3.05, 3.63) is 0 Å². The van der Waals surface area contributed by atoms with E-state index >= 15 is 0 Å². The van der Waals surface area contributed by atoms with Crippen LogP contribution in [0.2, 0.25) is 0 Å². The van der Waals surface area contributed by atoms with E-state index < -0.39 is 20.8 Å². The third kappa shape index (κ3) is 1610. The normalized spacial score (nSPS) is 8.92. The van der Waals surface area contributed by atoms with Crippen molar-refractivity contribution >= 4 is 43.9 Å². The molecule has 0 bridgehead atoms. The first-order chi connectivity index (χ1) is 4.00. The van der Waals surface area contributed by atoms with Crippen LogP contribution in [0.3, 0.4) is 0 Å². The Morgan fingerprint density at radius 2 is 0.692 bits per heavy atom. The van der Waals surface area contributed by atoms with Crippen LogP contribution in [0.25, 0.3) is 0 Å². The first-order valence-electron chi connectivity index (χ1n) is 1.33. The van der Waals surface area contributed by atoms with Gasteiger partial charge in [-0.15, -0.1) is 0 Å². The summed E-state index contributed by atoms with van der Waals surface area (Å²) in [6, 6.07) is 0. The Kier molecular flexibility index (Phi) is 24.9. The summed E-state index contributed by atoms with van der Waals surface area (Å²) in [6.07, 6.45) is 0.